The number of piperazine rings is 1. The number of carbonyl (C=O) groups is 1. The third kappa shape index (κ3) is 4.24. The molecule has 1 N–H and O–H groups in total. The van der Waals surface area contributed by atoms with Crippen LogP contribution >= 0.6 is 0 Å². The van der Waals surface area contributed by atoms with Crippen molar-refractivity contribution in [3.05, 3.63) is 29.8 Å². The van der Waals surface area contributed by atoms with E-state index in [-0.39, 0.29) is 11.9 Å². The molecule has 0 unspecified atom stereocenters. The lowest BCUT2D eigenvalue weighted by atomic mass is 10.1. The van der Waals surface area contributed by atoms with Crippen molar-refractivity contribution in [2.24, 2.45) is 0 Å². The minimum atomic E-state index is 0.0567. The minimum Gasteiger partial charge on any atom is -0.369 e. The highest BCUT2D eigenvalue weighted by Crippen LogP contribution is 2.18. The Morgan fingerprint density at radius 3 is 2.61 bits per heavy atom. The summed E-state index contributed by atoms with van der Waals surface area (Å²) >= 11 is 0. The predicted octanol–water partition coefficient (Wildman–Crippen LogP) is 1.26. The molecule has 2 saturated heterocycles. The van der Waals surface area contributed by atoms with Gasteiger partial charge in [-0.25, -0.2) is 0 Å². The zero-order valence-corrected chi connectivity index (χ0v) is 14.3. The van der Waals surface area contributed by atoms with Gasteiger partial charge >= 0.3 is 0 Å². The fraction of sp³-hybridized carbons (Fsp3) is 0.611. The summed E-state index contributed by atoms with van der Waals surface area (Å²) in [7, 11) is 4.27. The van der Waals surface area contributed by atoms with Crippen LogP contribution in [0.15, 0.2) is 24.3 Å². The highest BCUT2D eigenvalue weighted by molar-refractivity contribution is 5.95. The molecule has 0 radical (unpaired) electrons. The van der Waals surface area contributed by atoms with E-state index in [2.05, 4.69) is 40.2 Å². The third-order valence-corrected chi connectivity index (χ3v) is 4.94. The fourth-order valence-corrected chi connectivity index (χ4v) is 3.46. The first-order valence-corrected chi connectivity index (χ1v) is 8.65. The lowest BCUT2D eigenvalue weighted by Gasteiger charge is -2.34. The Morgan fingerprint density at radius 1 is 1.09 bits per heavy atom. The largest absolute Gasteiger partial charge is 0.369 e. The molecule has 2 fully saturated rings. The molecule has 1 aromatic carbocycles. The molecular formula is C18H28N4O. The number of likely N-dealkylation sites (tertiary alicyclic amines) is 1. The molecule has 0 spiro atoms. The van der Waals surface area contributed by atoms with Crippen molar-refractivity contribution in [1.29, 1.82) is 0 Å². The van der Waals surface area contributed by atoms with Crippen LogP contribution in [-0.2, 0) is 0 Å². The van der Waals surface area contributed by atoms with Gasteiger partial charge in [-0.1, -0.05) is 6.07 Å². The first kappa shape index (κ1) is 16.3. The molecule has 0 saturated carbocycles. The van der Waals surface area contributed by atoms with E-state index in [9.17, 15) is 4.79 Å². The molecule has 1 aromatic rings. The van der Waals surface area contributed by atoms with Crippen LogP contribution in [0, 0.1) is 0 Å². The van der Waals surface area contributed by atoms with E-state index in [1.807, 2.05) is 18.2 Å². The molecule has 23 heavy (non-hydrogen) atoms. The Labute approximate surface area is 139 Å². The maximum absolute atomic E-state index is 12.6. The zero-order valence-electron chi connectivity index (χ0n) is 14.3. The molecule has 2 aliphatic rings. The number of hydrogen-bond acceptors (Lipinski definition) is 4. The lowest BCUT2D eigenvalue weighted by Crippen LogP contribution is -2.46. The minimum absolute atomic E-state index is 0.0567. The summed E-state index contributed by atoms with van der Waals surface area (Å²) in [5.74, 6) is 0.0567. The molecule has 5 heteroatoms. The SMILES string of the molecule is CN1CCN(c2cccc(C(=O)N[C@@H]3CCCN(C)C3)c2)CC1. The fourth-order valence-electron chi connectivity index (χ4n) is 3.46. The molecule has 1 atom stereocenters. The summed E-state index contributed by atoms with van der Waals surface area (Å²) in [5, 5.41) is 3.20. The van der Waals surface area contributed by atoms with Crippen molar-refractivity contribution >= 4 is 11.6 Å². The molecule has 5 nitrogen and oxygen atoms in total. The van der Waals surface area contributed by atoms with Crippen molar-refractivity contribution in [3.63, 3.8) is 0 Å². The van der Waals surface area contributed by atoms with Gasteiger partial charge in [-0.05, 0) is 51.7 Å². The number of rotatable bonds is 3. The van der Waals surface area contributed by atoms with Crippen LogP contribution in [0.3, 0.4) is 0 Å². The molecular weight excluding hydrogens is 288 g/mol. The van der Waals surface area contributed by atoms with Crippen LogP contribution < -0.4 is 10.2 Å². The number of amides is 1. The maximum Gasteiger partial charge on any atom is 0.251 e. The van der Waals surface area contributed by atoms with Crippen molar-refractivity contribution in [1.82, 2.24) is 15.1 Å². The van der Waals surface area contributed by atoms with E-state index in [0.717, 1.165) is 63.4 Å². The van der Waals surface area contributed by atoms with E-state index in [1.165, 1.54) is 0 Å². The van der Waals surface area contributed by atoms with Crippen LogP contribution in [0.4, 0.5) is 5.69 Å². The average molecular weight is 316 g/mol. The zero-order chi connectivity index (χ0) is 16.2. The predicted molar refractivity (Wildman–Crippen MR) is 94.1 cm³/mol. The Hall–Kier alpha value is -1.59. The molecule has 3 rings (SSSR count). The number of piperidine rings is 1. The van der Waals surface area contributed by atoms with Gasteiger partial charge in [0.05, 0.1) is 0 Å². The van der Waals surface area contributed by atoms with Crippen LogP contribution in [0.5, 0.6) is 0 Å². The summed E-state index contributed by atoms with van der Waals surface area (Å²) in [6, 6.07) is 8.33. The van der Waals surface area contributed by atoms with Crippen molar-refractivity contribution in [3.8, 4) is 0 Å². The molecule has 0 bridgehead atoms. The van der Waals surface area contributed by atoms with Gasteiger partial charge in [0.1, 0.15) is 0 Å². The Balaban J connectivity index is 1.63. The average Bonchev–Trinajstić information content (AvgIpc) is 2.56. The van der Waals surface area contributed by atoms with Gasteiger partial charge in [-0.3, -0.25) is 4.79 Å². The summed E-state index contributed by atoms with van der Waals surface area (Å²) < 4.78 is 0. The number of anilines is 1. The molecule has 1 amide bonds. The Morgan fingerprint density at radius 2 is 1.87 bits per heavy atom. The van der Waals surface area contributed by atoms with Crippen LogP contribution in [0.1, 0.15) is 23.2 Å². The summed E-state index contributed by atoms with van der Waals surface area (Å²) in [4.78, 5) is 19.5. The number of nitrogens with zero attached hydrogens (tertiary/aromatic N) is 3. The quantitative estimate of drug-likeness (QED) is 0.911. The monoisotopic (exact) mass is 316 g/mol. The summed E-state index contributed by atoms with van der Waals surface area (Å²) in [6.07, 6.45) is 2.23. The topological polar surface area (TPSA) is 38.8 Å². The van der Waals surface area contributed by atoms with Gasteiger partial charge in [0, 0.05) is 50.0 Å². The number of hydrogen-bond donors (Lipinski definition) is 1. The Kier molecular flexibility index (Phi) is 5.18. The summed E-state index contributed by atoms with van der Waals surface area (Å²) in [6.45, 7) is 6.27. The van der Waals surface area contributed by atoms with E-state index in [1.54, 1.807) is 0 Å². The molecule has 0 aromatic heterocycles. The van der Waals surface area contributed by atoms with Gasteiger partial charge < -0.3 is 20.0 Å². The third-order valence-electron chi connectivity index (χ3n) is 4.94. The van der Waals surface area contributed by atoms with Gasteiger partial charge in [0.25, 0.3) is 5.91 Å². The second kappa shape index (κ2) is 7.32. The number of nitrogens with one attached hydrogen (secondary N) is 1. The van der Waals surface area contributed by atoms with Crippen molar-refractivity contribution < 1.29 is 4.79 Å². The second-order valence-electron chi connectivity index (χ2n) is 6.92. The number of likely N-dealkylation sites (N-methyl/N-ethyl adjacent to an activating group) is 2. The number of carbonyl (C=O) groups excluding carboxylic acids is 1. The highest BCUT2D eigenvalue weighted by atomic mass is 16.1. The molecule has 0 aliphatic carbocycles. The second-order valence-corrected chi connectivity index (χ2v) is 6.92. The standard InChI is InChI=1S/C18H28N4O/c1-20-9-11-22(12-10-20)17-7-3-5-15(13-17)18(23)19-16-6-4-8-21(2)14-16/h3,5,7,13,16H,4,6,8-12,14H2,1-2H3,(H,19,23)/t16-/m1/s1. The Bertz CT molecular complexity index is 540. The van der Waals surface area contributed by atoms with Gasteiger partial charge in [0.2, 0.25) is 0 Å². The van der Waals surface area contributed by atoms with Crippen LogP contribution in [0.25, 0.3) is 0 Å². The number of benzene rings is 1. The first-order valence-electron chi connectivity index (χ1n) is 8.65. The molecule has 2 aliphatic heterocycles. The smallest absolute Gasteiger partial charge is 0.251 e. The van der Waals surface area contributed by atoms with Gasteiger partial charge in [-0.2, -0.15) is 0 Å². The van der Waals surface area contributed by atoms with Crippen molar-refractivity contribution in [2.45, 2.75) is 18.9 Å². The van der Waals surface area contributed by atoms with Crippen LogP contribution in [-0.4, -0.2) is 75.1 Å². The summed E-state index contributed by atoms with van der Waals surface area (Å²) in [5.41, 5.74) is 1.93. The van der Waals surface area contributed by atoms with E-state index < -0.39 is 0 Å². The van der Waals surface area contributed by atoms with Crippen molar-refractivity contribution in [2.75, 3.05) is 58.3 Å². The van der Waals surface area contributed by atoms with E-state index in [0.29, 0.717) is 0 Å². The molecule has 126 valence electrons. The normalized spacial score (nSPS) is 23.7. The lowest BCUT2D eigenvalue weighted by molar-refractivity contribution is 0.0912. The first-order chi connectivity index (χ1) is 11.1. The van der Waals surface area contributed by atoms with Gasteiger partial charge in [-0.15, -0.1) is 0 Å². The van der Waals surface area contributed by atoms with E-state index in [4.69, 9.17) is 0 Å². The van der Waals surface area contributed by atoms with E-state index >= 15 is 0 Å². The highest BCUT2D eigenvalue weighted by Gasteiger charge is 2.20. The van der Waals surface area contributed by atoms with Crippen LogP contribution in [0.2, 0.25) is 0 Å². The maximum atomic E-state index is 12.6. The molecule has 2 heterocycles. The van der Waals surface area contributed by atoms with Gasteiger partial charge in [0.15, 0.2) is 0 Å².